The molecule has 0 aliphatic heterocycles. The number of nitrogens with zero attached hydrogens (tertiary/aromatic N) is 1. The summed E-state index contributed by atoms with van der Waals surface area (Å²) < 4.78 is 11.3. The van der Waals surface area contributed by atoms with E-state index < -0.39 is 0 Å². The summed E-state index contributed by atoms with van der Waals surface area (Å²) in [7, 11) is 0. The molecule has 0 radical (unpaired) electrons. The molecule has 0 aliphatic rings. The molecule has 0 saturated carbocycles. The van der Waals surface area contributed by atoms with Crippen LogP contribution in [0.1, 0.15) is 21.9 Å². The van der Waals surface area contributed by atoms with Crippen LogP contribution in [-0.2, 0) is 5.75 Å². The molecule has 4 aromatic rings. The summed E-state index contributed by atoms with van der Waals surface area (Å²) >= 11 is 1.43. The lowest BCUT2D eigenvalue weighted by Gasteiger charge is -2.03. The van der Waals surface area contributed by atoms with E-state index in [2.05, 4.69) is 10.3 Å². The molecule has 0 unspecified atom stereocenters. The molecule has 0 atom stereocenters. The maximum atomic E-state index is 12.3. The summed E-state index contributed by atoms with van der Waals surface area (Å²) in [6.45, 7) is 2.00. The van der Waals surface area contributed by atoms with Crippen LogP contribution in [0.15, 0.2) is 74.7 Å². The number of anilines is 1. The van der Waals surface area contributed by atoms with E-state index in [0.29, 0.717) is 16.7 Å². The van der Waals surface area contributed by atoms with Gasteiger partial charge in [-0.1, -0.05) is 41.6 Å². The fraction of sp³-hybridized carbons (Fsp3) is 0.100. The van der Waals surface area contributed by atoms with Crippen molar-refractivity contribution >= 4 is 34.5 Å². The highest BCUT2D eigenvalue weighted by molar-refractivity contribution is 7.98. The van der Waals surface area contributed by atoms with Gasteiger partial charge in [0.05, 0.1) is 5.75 Å². The number of rotatable bonds is 5. The van der Waals surface area contributed by atoms with Gasteiger partial charge in [-0.15, -0.1) is 0 Å². The lowest BCUT2D eigenvalue weighted by atomic mass is 10.2. The van der Waals surface area contributed by atoms with Crippen LogP contribution in [0.5, 0.6) is 0 Å². The predicted molar refractivity (Wildman–Crippen MR) is 101 cm³/mol. The highest BCUT2D eigenvalue weighted by Gasteiger charge is 2.13. The van der Waals surface area contributed by atoms with Crippen LogP contribution in [0.3, 0.4) is 0 Å². The molecule has 4 rings (SSSR count). The zero-order valence-corrected chi connectivity index (χ0v) is 14.9. The largest absolute Gasteiger partial charge is 0.455 e. The number of fused-ring (bicyclic) bond motifs is 1. The van der Waals surface area contributed by atoms with Gasteiger partial charge in [0, 0.05) is 5.69 Å². The monoisotopic (exact) mass is 364 g/mol. The number of benzene rings is 2. The number of hydrogen-bond acceptors (Lipinski definition) is 5. The Labute approximate surface area is 154 Å². The van der Waals surface area contributed by atoms with Crippen LogP contribution in [-0.4, -0.2) is 10.9 Å². The SMILES string of the molecule is Cc1ccc(NC(=O)c2ccc(CSc3nc4ccccc4o3)o2)cc1. The summed E-state index contributed by atoms with van der Waals surface area (Å²) in [5.74, 6) is 1.22. The number of carbonyl (C=O) groups excluding carboxylic acids is 1. The molecular formula is C20H16N2O3S. The van der Waals surface area contributed by atoms with Crippen molar-refractivity contribution in [1.82, 2.24) is 4.98 Å². The first-order valence-corrected chi connectivity index (χ1v) is 9.11. The van der Waals surface area contributed by atoms with Gasteiger partial charge in [0.1, 0.15) is 11.3 Å². The van der Waals surface area contributed by atoms with Gasteiger partial charge in [-0.05, 0) is 43.3 Å². The normalized spacial score (nSPS) is 11.0. The number of aromatic nitrogens is 1. The average Bonchev–Trinajstić information content (AvgIpc) is 3.28. The molecule has 0 spiro atoms. The van der Waals surface area contributed by atoms with Gasteiger partial charge >= 0.3 is 0 Å². The smallest absolute Gasteiger partial charge is 0.291 e. The molecule has 2 heterocycles. The summed E-state index contributed by atoms with van der Waals surface area (Å²) in [6, 6.07) is 18.7. The second-order valence-corrected chi connectivity index (χ2v) is 6.75. The molecular weight excluding hydrogens is 348 g/mol. The van der Waals surface area contributed by atoms with E-state index in [1.54, 1.807) is 12.1 Å². The molecule has 0 aliphatic carbocycles. The van der Waals surface area contributed by atoms with Crippen molar-refractivity contribution < 1.29 is 13.6 Å². The van der Waals surface area contributed by atoms with Crippen molar-refractivity contribution in [3.63, 3.8) is 0 Å². The van der Waals surface area contributed by atoms with Crippen LogP contribution in [0.4, 0.5) is 5.69 Å². The van der Waals surface area contributed by atoms with E-state index in [9.17, 15) is 4.79 Å². The molecule has 5 nitrogen and oxygen atoms in total. The van der Waals surface area contributed by atoms with Crippen LogP contribution < -0.4 is 5.32 Å². The van der Waals surface area contributed by atoms with Gasteiger partial charge in [-0.25, -0.2) is 4.98 Å². The highest BCUT2D eigenvalue weighted by Crippen LogP contribution is 2.27. The molecule has 6 heteroatoms. The highest BCUT2D eigenvalue weighted by atomic mass is 32.2. The van der Waals surface area contributed by atoms with Gasteiger partial charge < -0.3 is 14.2 Å². The number of amides is 1. The number of hydrogen-bond donors (Lipinski definition) is 1. The zero-order chi connectivity index (χ0) is 17.9. The Bertz CT molecular complexity index is 1020. The number of para-hydroxylation sites is 2. The molecule has 1 N–H and O–H groups in total. The Balaban J connectivity index is 1.39. The van der Waals surface area contributed by atoms with Crippen LogP contribution in [0.2, 0.25) is 0 Å². The number of aryl methyl sites for hydroxylation is 1. The molecule has 2 aromatic carbocycles. The van der Waals surface area contributed by atoms with Crippen molar-refractivity contribution in [2.75, 3.05) is 5.32 Å². The number of nitrogens with one attached hydrogen (secondary N) is 1. The number of carbonyl (C=O) groups is 1. The van der Waals surface area contributed by atoms with E-state index in [4.69, 9.17) is 8.83 Å². The Kier molecular flexibility index (Phi) is 4.50. The molecule has 0 bridgehead atoms. The van der Waals surface area contributed by atoms with Crippen LogP contribution in [0, 0.1) is 6.92 Å². The predicted octanol–water partition coefficient (Wildman–Crippen LogP) is 5.27. The average molecular weight is 364 g/mol. The van der Waals surface area contributed by atoms with Gasteiger partial charge in [-0.3, -0.25) is 4.79 Å². The lowest BCUT2D eigenvalue weighted by Crippen LogP contribution is -2.10. The van der Waals surface area contributed by atoms with Gasteiger partial charge in [-0.2, -0.15) is 0 Å². The van der Waals surface area contributed by atoms with Crippen LogP contribution in [0.25, 0.3) is 11.1 Å². The van der Waals surface area contributed by atoms with E-state index in [0.717, 1.165) is 22.4 Å². The quantitative estimate of drug-likeness (QED) is 0.488. The van der Waals surface area contributed by atoms with Gasteiger partial charge in [0.15, 0.2) is 11.3 Å². The second kappa shape index (κ2) is 7.09. The maximum Gasteiger partial charge on any atom is 0.291 e. The van der Waals surface area contributed by atoms with Crippen molar-refractivity contribution in [2.24, 2.45) is 0 Å². The minimum absolute atomic E-state index is 0.271. The number of furan rings is 1. The van der Waals surface area contributed by atoms with Gasteiger partial charge in [0.25, 0.3) is 11.1 Å². The second-order valence-electron chi connectivity index (χ2n) is 5.82. The standard InChI is InChI=1S/C20H16N2O3S/c1-13-6-8-14(9-7-13)21-19(23)18-11-10-15(24-18)12-26-20-22-16-4-2-3-5-17(16)25-20/h2-11H,12H2,1H3,(H,21,23). The van der Waals surface area contributed by atoms with E-state index in [1.807, 2.05) is 55.5 Å². The van der Waals surface area contributed by atoms with Crippen molar-refractivity contribution in [3.05, 3.63) is 77.7 Å². The number of oxazole rings is 1. The first-order chi connectivity index (χ1) is 12.7. The third-order valence-corrected chi connectivity index (χ3v) is 4.66. The van der Waals surface area contributed by atoms with Crippen molar-refractivity contribution in [3.8, 4) is 0 Å². The molecule has 2 aromatic heterocycles. The fourth-order valence-electron chi connectivity index (χ4n) is 2.45. The van der Waals surface area contributed by atoms with Crippen molar-refractivity contribution in [2.45, 2.75) is 17.9 Å². The summed E-state index contributed by atoms with van der Waals surface area (Å²) in [6.07, 6.45) is 0. The Morgan fingerprint density at radius 2 is 1.85 bits per heavy atom. The topological polar surface area (TPSA) is 68.3 Å². The van der Waals surface area contributed by atoms with E-state index in [1.165, 1.54) is 11.8 Å². The minimum atomic E-state index is -0.271. The Hall–Kier alpha value is -2.99. The molecule has 1 amide bonds. The minimum Gasteiger partial charge on any atom is -0.455 e. The van der Waals surface area contributed by atoms with E-state index >= 15 is 0 Å². The summed E-state index contributed by atoms with van der Waals surface area (Å²) in [5, 5.41) is 3.40. The maximum absolute atomic E-state index is 12.3. The van der Waals surface area contributed by atoms with E-state index in [-0.39, 0.29) is 11.7 Å². The summed E-state index contributed by atoms with van der Waals surface area (Å²) in [5.41, 5.74) is 3.46. The molecule has 0 fully saturated rings. The Morgan fingerprint density at radius 1 is 1.04 bits per heavy atom. The third kappa shape index (κ3) is 3.65. The number of thioether (sulfide) groups is 1. The molecule has 0 saturated heterocycles. The summed E-state index contributed by atoms with van der Waals surface area (Å²) in [4.78, 5) is 16.7. The third-order valence-electron chi connectivity index (χ3n) is 3.81. The lowest BCUT2D eigenvalue weighted by molar-refractivity contribution is 0.0995. The van der Waals surface area contributed by atoms with Crippen LogP contribution >= 0.6 is 11.8 Å². The zero-order valence-electron chi connectivity index (χ0n) is 14.1. The Morgan fingerprint density at radius 3 is 2.65 bits per heavy atom. The first-order valence-electron chi connectivity index (χ1n) is 8.12. The van der Waals surface area contributed by atoms with Gasteiger partial charge in [0.2, 0.25) is 0 Å². The molecule has 130 valence electrons. The molecule has 26 heavy (non-hydrogen) atoms. The fourth-order valence-corrected chi connectivity index (χ4v) is 3.19. The first kappa shape index (κ1) is 16.5. The van der Waals surface area contributed by atoms with Crippen molar-refractivity contribution in [1.29, 1.82) is 0 Å².